The molecule has 1 nitrogen and oxygen atoms in total. The zero-order valence-corrected chi connectivity index (χ0v) is 14.5. The number of benzene rings is 2. The molecule has 2 aromatic rings. The molecule has 2 heteroatoms. The molecule has 0 amide bonds. The summed E-state index contributed by atoms with van der Waals surface area (Å²) in [6, 6.07) is 17.7. The van der Waals surface area contributed by atoms with Gasteiger partial charge in [0, 0.05) is 6.54 Å². The third kappa shape index (κ3) is 5.94. The van der Waals surface area contributed by atoms with Crippen molar-refractivity contribution in [1.82, 2.24) is 4.72 Å². The average Bonchev–Trinajstić information content (AvgIpc) is 2.58. The van der Waals surface area contributed by atoms with E-state index in [1.165, 1.54) is 22.3 Å². The Morgan fingerprint density at radius 3 is 1.71 bits per heavy atom. The van der Waals surface area contributed by atoms with Crippen LogP contribution in [0.15, 0.2) is 48.5 Å². The molecule has 114 valence electrons. The molecule has 0 unspecified atom stereocenters. The number of rotatable bonds is 6. The van der Waals surface area contributed by atoms with E-state index in [2.05, 4.69) is 66.4 Å². The average molecular weight is 301 g/mol. The third-order valence-electron chi connectivity index (χ3n) is 3.31. The third-order valence-corrected chi connectivity index (χ3v) is 3.80. The van der Waals surface area contributed by atoms with Gasteiger partial charge < -0.3 is 0 Å². The first-order valence-electron chi connectivity index (χ1n) is 7.77. The van der Waals surface area contributed by atoms with Crippen LogP contribution in [0.25, 0.3) is 11.1 Å². The molecule has 0 aliphatic carbocycles. The van der Waals surface area contributed by atoms with Crippen LogP contribution >= 0.6 is 11.9 Å². The van der Waals surface area contributed by atoms with Crippen LogP contribution in [0.1, 0.15) is 31.9 Å². The molecule has 21 heavy (non-hydrogen) atoms. The summed E-state index contributed by atoms with van der Waals surface area (Å²) in [5, 5.41) is 0. The van der Waals surface area contributed by atoms with Gasteiger partial charge in [-0.25, -0.2) is 0 Å². The molecule has 0 atom stereocenters. The smallest absolute Gasteiger partial charge is 0.00989 e. The van der Waals surface area contributed by atoms with Crippen molar-refractivity contribution in [3.05, 3.63) is 59.7 Å². The summed E-state index contributed by atoms with van der Waals surface area (Å²) in [6.45, 7) is 7.21. The molecule has 0 aliphatic rings. The van der Waals surface area contributed by atoms with Crippen LogP contribution in [0.2, 0.25) is 0 Å². The van der Waals surface area contributed by atoms with E-state index in [-0.39, 0.29) is 0 Å². The maximum atomic E-state index is 3.27. The van der Waals surface area contributed by atoms with Gasteiger partial charge in [0.2, 0.25) is 0 Å². The predicted octanol–water partition coefficient (Wildman–Crippen LogP) is 5.35. The normalized spacial score (nSPS) is 9.90. The molecule has 0 heterocycles. The highest BCUT2D eigenvalue weighted by Crippen LogP contribution is 2.20. The van der Waals surface area contributed by atoms with Crippen LogP contribution in [0, 0.1) is 0 Å². The second-order valence-corrected chi connectivity index (χ2v) is 5.29. The van der Waals surface area contributed by atoms with Gasteiger partial charge >= 0.3 is 0 Å². The van der Waals surface area contributed by atoms with Crippen LogP contribution in [-0.2, 0) is 12.8 Å². The Hall–Kier alpha value is -1.25. The first-order chi connectivity index (χ1) is 10.3. The first kappa shape index (κ1) is 17.8. The fraction of sp³-hybridized carbons (Fsp3) is 0.368. The molecule has 1 N–H and O–H groups in total. The van der Waals surface area contributed by atoms with Crippen molar-refractivity contribution in [2.75, 3.05) is 12.8 Å². The summed E-state index contributed by atoms with van der Waals surface area (Å²) in [6.07, 6.45) is 4.24. The van der Waals surface area contributed by atoms with E-state index in [0.717, 1.165) is 19.4 Å². The quantitative estimate of drug-likeness (QED) is 0.570. The molecule has 0 saturated heterocycles. The fourth-order valence-electron chi connectivity index (χ4n) is 2.09. The Kier molecular flexibility index (Phi) is 8.88. The van der Waals surface area contributed by atoms with Gasteiger partial charge in [-0.1, -0.05) is 81.3 Å². The highest BCUT2D eigenvalue weighted by molar-refractivity contribution is 7.96. The first-order valence-corrected chi connectivity index (χ1v) is 9.00. The lowest BCUT2D eigenvalue weighted by molar-refractivity contribution is 0.910. The van der Waals surface area contributed by atoms with Gasteiger partial charge in [-0.05, 0) is 41.4 Å². The molecule has 0 spiro atoms. The van der Waals surface area contributed by atoms with Gasteiger partial charge in [-0.15, -0.1) is 0 Å². The Labute approximate surface area is 134 Å². The van der Waals surface area contributed by atoms with E-state index in [9.17, 15) is 0 Å². The van der Waals surface area contributed by atoms with E-state index in [1.54, 1.807) is 11.9 Å². The van der Waals surface area contributed by atoms with Crippen LogP contribution in [-0.4, -0.2) is 12.8 Å². The molecule has 2 rings (SSSR count). The van der Waals surface area contributed by atoms with Crippen molar-refractivity contribution in [2.45, 2.75) is 33.6 Å². The summed E-state index contributed by atoms with van der Waals surface area (Å²) < 4.78 is 3.27. The monoisotopic (exact) mass is 301 g/mol. The molecule has 0 saturated carbocycles. The summed E-state index contributed by atoms with van der Waals surface area (Å²) >= 11 is 1.67. The maximum absolute atomic E-state index is 3.27. The predicted molar refractivity (Wildman–Crippen MR) is 97.8 cm³/mol. The molecular weight excluding hydrogens is 274 g/mol. The van der Waals surface area contributed by atoms with E-state index in [0.29, 0.717) is 0 Å². The van der Waals surface area contributed by atoms with E-state index in [1.807, 2.05) is 13.8 Å². The van der Waals surface area contributed by atoms with Gasteiger partial charge in [0.1, 0.15) is 0 Å². The second-order valence-electron chi connectivity index (χ2n) is 4.60. The second kappa shape index (κ2) is 10.5. The number of nitrogens with one attached hydrogen (secondary N) is 1. The van der Waals surface area contributed by atoms with E-state index in [4.69, 9.17) is 0 Å². The van der Waals surface area contributed by atoms with Crippen molar-refractivity contribution in [2.24, 2.45) is 0 Å². The van der Waals surface area contributed by atoms with E-state index >= 15 is 0 Å². The van der Waals surface area contributed by atoms with Crippen molar-refractivity contribution in [3.63, 3.8) is 0 Å². The standard InChI is InChI=1S/C17H21NS.C2H6/c1-3-14-4-8-16(9-5-14)17-10-6-15(7-11-17)12-13-18-19-2;1-2/h4-11,18H,3,12-13H2,1-2H3;1-2H3. The minimum Gasteiger partial charge on any atom is -0.264 e. The maximum Gasteiger partial charge on any atom is 0.00989 e. The highest BCUT2D eigenvalue weighted by Gasteiger charge is 1.98. The zero-order valence-electron chi connectivity index (χ0n) is 13.6. The Morgan fingerprint density at radius 1 is 0.810 bits per heavy atom. The molecule has 0 fully saturated rings. The van der Waals surface area contributed by atoms with Gasteiger partial charge in [0.05, 0.1) is 0 Å². The topological polar surface area (TPSA) is 12.0 Å². The van der Waals surface area contributed by atoms with Crippen LogP contribution in [0.4, 0.5) is 0 Å². The molecule has 2 aromatic carbocycles. The molecule has 0 radical (unpaired) electrons. The number of hydrogen-bond donors (Lipinski definition) is 1. The summed E-state index contributed by atoms with van der Waals surface area (Å²) in [5.74, 6) is 0. The van der Waals surface area contributed by atoms with Gasteiger partial charge in [0.25, 0.3) is 0 Å². The van der Waals surface area contributed by atoms with Crippen molar-refractivity contribution >= 4 is 11.9 Å². The zero-order chi connectivity index (χ0) is 15.5. The molecule has 0 aliphatic heterocycles. The fourth-order valence-corrected chi connectivity index (χ4v) is 2.40. The summed E-state index contributed by atoms with van der Waals surface area (Å²) in [7, 11) is 0. The van der Waals surface area contributed by atoms with Gasteiger partial charge in [0.15, 0.2) is 0 Å². The number of hydrogen-bond acceptors (Lipinski definition) is 2. The lowest BCUT2D eigenvalue weighted by Crippen LogP contribution is -2.07. The molecular formula is C19H27NS. The van der Waals surface area contributed by atoms with Gasteiger partial charge in [-0.2, -0.15) is 0 Å². The van der Waals surface area contributed by atoms with E-state index < -0.39 is 0 Å². The molecule has 0 bridgehead atoms. The van der Waals surface area contributed by atoms with Crippen LogP contribution < -0.4 is 4.72 Å². The summed E-state index contributed by atoms with van der Waals surface area (Å²) in [5.41, 5.74) is 5.37. The molecule has 0 aromatic heterocycles. The Morgan fingerprint density at radius 2 is 1.29 bits per heavy atom. The largest absolute Gasteiger partial charge is 0.264 e. The Balaban J connectivity index is 0.00000106. The van der Waals surface area contributed by atoms with Gasteiger partial charge in [-0.3, -0.25) is 4.72 Å². The van der Waals surface area contributed by atoms with Crippen molar-refractivity contribution < 1.29 is 0 Å². The lowest BCUT2D eigenvalue weighted by atomic mass is 10.0. The minimum absolute atomic E-state index is 1.02. The summed E-state index contributed by atoms with van der Waals surface area (Å²) in [4.78, 5) is 0. The van der Waals surface area contributed by atoms with Crippen LogP contribution in [0.5, 0.6) is 0 Å². The van der Waals surface area contributed by atoms with Crippen LogP contribution in [0.3, 0.4) is 0 Å². The number of aryl methyl sites for hydroxylation is 1. The van der Waals surface area contributed by atoms with Crippen molar-refractivity contribution in [1.29, 1.82) is 0 Å². The van der Waals surface area contributed by atoms with Crippen molar-refractivity contribution in [3.8, 4) is 11.1 Å². The SMILES string of the molecule is CC.CCc1ccc(-c2ccc(CCNSC)cc2)cc1. The lowest BCUT2D eigenvalue weighted by Gasteiger charge is -2.06. The minimum atomic E-state index is 1.02. The Bertz CT molecular complexity index is 488. The highest BCUT2D eigenvalue weighted by atomic mass is 32.2.